The normalized spacial score (nSPS) is 22.9. The van der Waals surface area contributed by atoms with Crippen LogP contribution in [-0.2, 0) is 4.79 Å². The Hall–Kier alpha value is -0.420. The van der Waals surface area contributed by atoms with Crippen LogP contribution in [0.15, 0.2) is 24.3 Å². The van der Waals surface area contributed by atoms with Crippen LogP contribution in [0.25, 0.3) is 0 Å². The van der Waals surface area contributed by atoms with E-state index >= 15 is 0 Å². The number of hydrogen-bond acceptors (Lipinski definition) is 3. The Morgan fingerprint density at radius 1 is 1.30 bits per heavy atom. The molecule has 2 fully saturated rings. The van der Waals surface area contributed by atoms with Gasteiger partial charge in [0.2, 0.25) is 5.91 Å². The molecule has 1 atom stereocenters. The molecular formula is C14H18Cl2N2OS. The van der Waals surface area contributed by atoms with Gasteiger partial charge in [0.05, 0.1) is 12.0 Å². The van der Waals surface area contributed by atoms with Crippen molar-refractivity contribution in [2.24, 2.45) is 5.92 Å². The predicted octanol–water partition coefficient (Wildman–Crippen LogP) is 2.60. The van der Waals surface area contributed by atoms with Crippen molar-refractivity contribution >= 4 is 41.7 Å². The monoisotopic (exact) mass is 332 g/mol. The number of thioether (sulfide) groups is 1. The van der Waals surface area contributed by atoms with Gasteiger partial charge in [-0.2, -0.15) is 11.8 Å². The summed E-state index contributed by atoms with van der Waals surface area (Å²) < 4.78 is 0. The second-order valence-electron chi connectivity index (χ2n) is 5.03. The minimum absolute atomic E-state index is 0. The first-order valence-corrected chi connectivity index (χ1v) is 8.13. The molecule has 0 radical (unpaired) electrons. The fourth-order valence-corrected chi connectivity index (χ4v) is 3.74. The van der Waals surface area contributed by atoms with E-state index in [1.54, 1.807) is 0 Å². The molecule has 3 rings (SSSR count). The van der Waals surface area contributed by atoms with Crippen molar-refractivity contribution in [2.45, 2.75) is 6.04 Å². The van der Waals surface area contributed by atoms with E-state index < -0.39 is 0 Å². The number of rotatable bonds is 2. The second kappa shape index (κ2) is 7.03. The molecule has 0 saturated carbocycles. The number of benzene rings is 1. The van der Waals surface area contributed by atoms with Crippen molar-refractivity contribution in [1.29, 1.82) is 0 Å². The Morgan fingerprint density at radius 2 is 2.00 bits per heavy atom. The highest BCUT2D eigenvalue weighted by Gasteiger charge is 2.35. The van der Waals surface area contributed by atoms with E-state index in [2.05, 4.69) is 10.2 Å². The highest BCUT2D eigenvalue weighted by atomic mass is 35.5. The average Bonchev–Trinajstić information content (AvgIpc) is 2.37. The number of carbonyl (C=O) groups is 1. The molecule has 0 aromatic heterocycles. The van der Waals surface area contributed by atoms with Crippen LogP contribution >= 0.6 is 35.8 Å². The zero-order valence-electron chi connectivity index (χ0n) is 11.0. The maximum atomic E-state index is 12.5. The summed E-state index contributed by atoms with van der Waals surface area (Å²) in [6.07, 6.45) is 0. The van der Waals surface area contributed by atoms with E-state index in [-0.39, 0.29) is 24.4 Å². The molecule has 0 aliphatic carbocycles. The largest absolute Gasteiger partial charge is 0.334 e. The number of halogens is 2. The molecule has 2 heterocycles. The summed E-state index contributed by atoms with van der Waals surface area (Å²) in [5, 5.41) is 3.92. The van der Waals surface area contributed by atoms with Gasteiger partial charge in [0, 0.05) is 36.2 Å². The summed E-state index contributed by atoms with van der Waals surface area (Å²) in [6.45, 7) is 2.51. The molecule has 6 heteroatoms. The fourth-order valence-electron chi connectivity index (χ4n) is 2.53. The number of nitrogens with zero attached hydrogens (tertiary/aromatic N) is 1. The lowest BCUT2D eigenvalue weighted by Crippen LogP contribution is -2.54. The zero-order chi connectivity index (χ0) is 13.2. The third-order valence-corrected chi connectivity index (χ3v) is 5.07. The standard InChI is InChI=1S/C14H17ClN2OS.ClH/c15-12-3-1-10(2-4-12)13-9-19-6-5-17(13)14(18)11-7-16-8-11;/h1-4,11,13,16H,5-9H2;1H. The van der Waals surface area contributed by atoms with Gasteiger partial charge in [0.15, 0.2) is 0 Å². The first kappa shape index (κ1) is 16.0. The van der Waals surface area contributed by atoms with E-state index in [9.17, 15) is 4.79 Å². The van der Waals surface area contributed by atoms with Crippen LogP contribution in [0.2, 0.25) is 5.02 Å². The lowest BCUT2D eigenvalue weighted by molar-refractivity contribution is -0.139. The van der Waals surface area contributed by atoms with E-state index in [1.165, 1.54) is 5.56 Å². The van der Waals surface area contributed by atoms with Gasteiger partial charge in [-0.15, -0.1) is 12.4 Å². The number of hydrogen-bond donors (Lipinski definition) is 1. The number of nitrogens with one attached hydrogen (secondary N) is 1. The highest BCUT2D eigenvalue weighted by Crippen LogP contribution is 2.31. The van der Waals surface area contributed by atoms with E-state index in [0.29, 0.717) is 5.91 Å². The number of carbonyl (C=O) groups excluding carboxylic acids is 1. The van der Waals surface area contributed by atoms with E-state index in [0.717, 1.165) is 36.2 Å². The van der Waals surface area contributed by atoms with Gasteiger partial charge in [0.1, 0.15) is 0 Å². The third kappa shape index (κ3) is 3.25. The molecule has 0 bridgehead atoms. The summed E-state index contributed by atoms with van der Waals surface area (Å²) in [4.78, 5) is 14.5. The van der Waals surface area contributed by atoms with Crippen LogP contribution in [0.3, 0.4) is 0 Å². The summed E-state index contributed by atoms with van der Waals surface area (Å²) in [7, 11) is 0. The number of amides is 1. The molecule has 1 aromatic carbocycles. The molecule has 2 saturated heterocycles. The Kier molecular flexibility index (Phi) is 5.61. The quantitative estimate of drug-likeness (QED) is 0.903. The van der Waals surface area contributed by atoms with Crippen molar-refractivity contribution < 1.29 is 4.79 Å². The van der Waals surface area contributed by atoms with Crippen molar-refractivity contribution in [3.63, 3.8) is 0 Å². The molecule has 1 N–H and O–H groups in total. The molecule has 1 unspecified atom stereocenters. The van der Waals surface area contributed by atoms with Gasteiger partial charge in [0.25, 0.3) is 0 Å². The molecule has 2 aliphatic rings. The minimum Gasteiger partial charge on any atom is -0.334 e. The van der Waals surface area contributed by atoms with Crippen LogP contribution in [-0.4, -0.2) is 41.9 Å². The third-order valence-electron chi connectivity index (χ3n) is 3.80. The van der Waals surface area contributed by atoms with E-state index in [1.807, 2.05) is 36.0 Å². The smallest absolute Gasteiger partial charge is 0.228 e. The molecule has 2 aliphatic heterocycles. The lowest BCUT2D eigenvalue weighted by atomic mass is 9.99. The maximum Gasteiger partial charge on any atom is 0.228 e. The SMILES string of the molecule is Cl.O=C(C1CNC1)N1CCSCC1c1ccc(Cl)cc1. The van der Waals surface area contributed by atoms with Gasteiger partial charge in [-0.3, -0.25) is 4.79 Å². The predicted molar refractivity (Wildman–Crippen MR) is 86.8 cm³/mol. The van der Waals surface area contributed by atoms with Gasteiger partial charge < -0.3 is 10.2 Å². The van der Waals surface area contributed by atoms with Gasteiger partial charge >= 0.3 is 0 Å². The first-order chi connectivity index (χ1) is 9.25. The molecule has 1 aromatic rings. The van der Waals surface area contributed by atoms with Crippen LogP contribution in [0.4, 0.5) is 0 Å². The Balaban J connectivity index is 0.00000147. The molecule has 1 amide bonds. The maximum absolute atomic E-state index is 12.5. The van der Waals surface area contributed by atoms with E-state index in [4.69, 9.17) is 11.6 Å². The highest BCUT2D eigenvalue weighted by molar-refractivity contribution is 7.99. The Bertz CT molecular complexity index is 465. The molecule has 0 spiro atoms. The lowest BCUT2D eigenvalue weighted by Gasteiger charge is -2.40. The van der Waals surface area contributed by atoms with Crippen molar-refractivity contribution in [3.8, 4) is 0 Å². The summed E-state index contributed by atoms with van der Waals surface area (Å²) in [6, 6.07) is 8.09. The summed E-state index contributed by atoms with van der Waals surface area (Å²) in [5.41, 5.74) is 1.19. The molecular weight excluding hydrogens is 315 g/mol. The van der Waals surface area contributed by atoms with Crippen molar-refractivity contribution in [3.05, 3.63) is 34.9 Å². The van der Waals surface area contributed by atoms with Gasteiger partial charge in [-0.05, 0) is 17.7 Å². The summed E-state index contributed by atoms with van der Waals surface area (Å²) in [5.74, 6) is 2.50. The van der Waals surface area contributed by atoms with Crippen LogP contribution in [0.1, 0.15) is 11.6 Å². The van der Waals surface area contributed by atoms with Crippen molar-refractivity contribution in [2.75, 3.05) is 31.1 Å². The molecule has 3 nitrogen and oxygen atoms in total. The van der Waals surface area contributed by atoms with Crippen LogP contribution in [0, 0.1) is 5.92 Å². The minimum atomic E-state index is 0. The fraction of sp³-hybridized carbons (Fsp3) is 0.500. The van der Waals surface area contributed by atoms with Crippen LogP contribution < -0.4 is 5.32 Å². The summed E-state index contributed by atoms with van der Waals surface area (Å²) >= 11 is 7.86. The average molecular weight is 333 g/mol. The molecule has 20 heavy (non-hydrogen) atoms. The van der Waals surface area contributed by atoms with Gasteiger partial charge in [-0.25, -0.2) is 0 Å². The Labute approximate surface area is 134 Å². The van der Waals surface area contributed by atoms with Crippen molar-refractivity contribution in [1.82, 2.24) is 10.2 Å². The topological polar surface area (TPSA) is 32.3 Å². The first-order valence-electron chi connectivity index (χ1n) is 6.60. The van der Waals surface area contributed by atoms with Gasteiger partial charge in [-0.1, -0.05) is 23.7 Å². The second-order valence-corrected chi connectivity index (χ2v) is 6.62. The van der Waals surface area contributed by atoms with Crippen LogP contribution in [0.5, 0.6) is 0 Å². The zero-order valence-corrected chi connectivity index (χ0v) is 13.4. The Morgan fingerprint density at radius 3 is 2.60 bits per heavy atom. The molecule has 110 valence electrons.